The fourth-order valence-electron chi connectivity index (χ4n) is 2.32. The summed E-state index contributed by atoms with van der Waals surface area (Å²) in [6.45, 7) is 3.72. The Morgan fingerprint density at radius 1 is 1.08 bits per heavy atom. The normalized spacial score (nSPS) is 12.0. The second-order valence-electron chi connectivity index (χ2n) is 5.47. The van der Waals surface area contributed by atoms with Gasteiger partial charge in [0.25, 0.3) is 0 Å². The summed E-state index contributed by atoms with van der Waals surface area (Å²) >= 11 is 7.45. The average Bonchev–Trinajstić information content (AvgIpc) is 2.98. The highest BCUT2D eigenvalue weighted by molar-refractivity contribution is 7.15. The number of rotatable bonds is 4. The number of hydrogen-bond acceptors (Lipinski definition) is 3. The Labute approximate surface area is 150 Å². The average molecular weight is 357 g/mol. The number of anilines is 1. The number of nitrogens with zero attached hydrogens (tertiary/aromatic N) is 1. The summed E-state index contributed by atoms with van der Waals surface area (Å²) < 4.78 is 0. The van der Waals surface area contributed by atoms with E-state index in [0.29, 0.717) is 0 Å². The van der Waals surface area contributed by atoms with Crippen molar-refractivity contribution in [2.24, 2.45) is 0 Å². The molecule has 0 radical (unpaired) electrons. The monoisotopic (exact) mass is 356 g/mol. The van der Waals surface area contributed by atoms with Crippen molar-refractivity contribution in [1.82, 2.24) is 4.98 Å². The van der Waals surface area contributed by atoms with E-state index in [1.54, 1.807) is 18.3 Å². The highest BCUT2D eigenvalue weighted by Crippen LogP contribution is 2.33. The predicted octanol–water partition coefficient (Wildman–Crippen LogP) is 5.35. The Morgan fingerprint density at radius 3 is 2.38 bits per heavy atom. The van der Waals surface area contributed by atoms with Crippen LogP contribution < -0.4 is 5.32 Å². The third-order valence-electron chi connectivity index (χ3n) is 3.60. The van der Waals surface area contributed by atoms with Crippen LogP contribution >= 0.6 is 22.9 Å². The number of hydrogen-bond donors (Lipinski definition) is 1. The molecule has 24 heavy (non-hydrogen) atoms. The second kappa shape index (κ2) is 7.16. The van der Waals surface area contributed by atoms with Crippen molar-refractivity contribution in [3.05, 3.63) is 59.5 Å². The van der Waals surface area contributed by atoms with E-state index in [1.165, 1.54) is 4.88 Å². The van der Waals surface area contributed by atoms with Gasteiger partial charge in [0.1, 0.15) is 10.4 Å². The lowest BCUT2D eigenvalue weighted by Crippen LogP contribution is -2.20. The number of alkyl halides is 1. The van der Waals surface area contributed by atoms with Crippen LogP contribution in [0.25, 0.3) is 21.8 Å². The van der Waals surface area contributed by atoms with Gasteiger partial charge < -0.3 is 5.32 Å². The lowest BCUT2D eigenvalue weighted by atomic mass is 10.1. The minimum Gasteiger partial charge on any atom is -0.325 e. The molecule has 1 heterocycles. The van der Waals surface area contributed by atoms with Crippen LogP contribution in [0.2, 0.25) is 0 Å². The molecule has 5 heteroatoms. The molecule has 3 aromatic rings. The molecule has 1 unspecified atom stereocenters. The van der Waals surface area contributed by atoms with Gasteiger partial charge in [-0.1, -0.05) is 42.5 Å². The fraction of sp³-hybridized carbons (Fsp3) is 0.158. The minimum absolute atomic E-state index is 0.208. The number of nitrogens with one attached hydrogen (secondary N) is 1. The molecule has 1 amide bonds. The zero-order chi connectivity index (χ0) is 17.1. The first kappa shape index (κ1) is 16.7. The molecule has 0 aliphatic rings. The molecule has 122 valence electrons. The number of benzene rings is 2. The van der Waals surface area contributed by atoms with Gasteiger partial charge in [-0.05, 0) is 26.0 Å². The smallest absolute Gasteiger partial charge is 0.242 e. The molecular weight excluding hydrogens is 340 g/mol. The molecule has 3 rings (SSSR count). The molecule has 1 N–H and O–H groups in total. The van der Waals surface area contributed by atoms with E-state index >= 15 is 0 Å². The van der Waals surface area contributed by atoms with Gasteiger partial charge in [0.15, 0.2) is 0 Å². The summed E-state index contributed by atoms with van der Waals surface area (Å²) in [5.41, 5.74) is 3.86. The summed E-state index contributed by atoms with van der Waals surface area (Å²) in [7, 11) is 0. The van der Waals surface area contributed by atoms with Crippen molar-refractivity contribution in [3.8, 4) is 21.8 Å². The van der Waals surface area contributed by atoms with Crippen LogP contribution in [-0.2, 0) is 4.79 Å². The van der Waals surface area contributed by atoms with Crippen LogP contribution in [-0.4, -0.2) is 16.3 Å². The van der Waals surface area contributed by atoms with Gasteiger partial charge in [0.2, 0.25) is 5.91 Å². The topological polar surface area (TPSA) is 42.0 Å². The number of thiazole rings is 1. The zero-order valence-electron chi connectivity index (χ0n) is 13.4. The molecule has 0 fully saturated rings. The Kier molecular flexibility index (Phi) is 4.97. The first-order valence-corrected chi connectivity index (χ1v) is 8.88. The molecule has 0 aliphatic carbocycles. The summed E-state index contributed by atoms with van der Waals surface area (Å²) in [4.78, 5) is 17.6. The summed E-state index contributed by atoms with van der Waals surface area (Å²) in [6.07, 6.45) is 0. The van der Waals surface area contributed by atoms with E-state index in [-0.39, 0.29) is 5.91 Å². The van der Waals surface area contributed by atoms with E-state index in [9.17, 15) is 4.79 Å². The van der Waals surface area contributed by atoms with Crippen molar-refractivity contribution in [2.75, 3.05) is 5.32 Å². The Morgan fingerprint density at radius 2 is 1.75 bits per heavy atom. The zero-order valence-corrected chi connectivity index (χ0v) is 15.0. The van der Waals surface area contributed by atoms with Gasteiger partial charge in [0.05, 0.1) is 5.69 Å². The van der Waals surface area contributed by atoms with E-state index in [2.05, 4.69) is 24.4 Å². The molecular formula is C19H17ClN2OS. The number of aromatic nitrogens is 1. The maximum Gasteiger partial charge on any atom is 0.242 e. The van der Waals surface area contributed by atoms with Gasteiger partial charge >= 0.3 is 0 Å². The van der Waals surface area contributed by atoms with E-state index in [1.807, 2.05) is 42.5 Å². The fourth-order valence-corrected chi connectivity index (χ4v) is 3.32. The summed E-state index contributed by atoms with van der Waals surface area (Å²) in [5.74, 6) is -0.208. The van der Waals surface area contributed by atoms with Gasteiger partial charge in [0, 0.05) is 21.7 Å². The number of carbonyl (C=O) groups is 1. The van der Waals surface area contributed by atoms with E-state index in [0.717, 1.165) is 27.5 Å². The number of carbonyl (C=O) groups excluding carboxylic acids is 1. The maximum absolute atomic E-state index is 11.6. The summed E-state index contributed by atoms with van der Waals surface area (Å²) in [5, 5.41) is 3.23. The van der Waals surface area contributed by atoms with Crippen molar-refractivity contribution < 1.29 is 4.79 Å². The summed E-state index contributed by atoms with van der Waals surface area (Å²) in [6, 6.07) is 17.8. The van der Waals surface area contributed by atoms with Crippen molar-refractivity contribution in [2.45, 2.75) is 19.2 Å². The maximum atomic E-state index is 11.6. The van der Waals surface area contributed by atoms with Crippen LogP contribution in [0.15, 0.2) is 54.6 Å². The van der Waals surface area contributed by atoms with E-state index in [4.69, 9.17) is 16.6 Å². The third-order valence-corrected chi connectivity index (χ3v) is 4.82. The quantitative estimate of drug-likeness (QED) is 0.640. The lowest BCUT2D eigenvalue weighted by Gasteiger charge is -2.07. The Hall–Kier alpha value is -2.17. The number of amides is 1. The molecule has 1 atom stereocenters. The molecule has 0 aliphatic heterocycles. The molecule has 0 saturated carbocycles. The van der Waals surface area contributed by atoms with Crippen molar-refractivity contribution >= 4 is 34.5 Å². The van der Waals surface area contributed by atoms with E-state index < -0.39 is 5.38 Å². The predicted molar refractivity (Wildman–Crippen MR) is 102 cm³/mol. The molecule has 0 saturated heterocycles. The first-order valence-electron chi connectivity index (χ1n) is 7.63. The van der Waals surface area contributed by atoms with Crippen molar-refractivity contribution in [3.63, 3.8) is 0 Å². The highest BCUT2D eigenvalue weighted by atomic mass is 35.5. The largest absolute Gasteiger partial charge is 0.325 e. The molecule has 0 bridgehead atoms. The molecule has 0 spiro atoms. The first-order chi connectivity index (χ1) is 11.5. The van der Waals surface area contributed by atoms with Crippen LogP contribution in [0.1, 0.15) is 11.8 Å². The SMILES string of the molecule is Cc1sc(-c2ccccc2)nc1-c1ccc(NC(=O)C(C)Cl)cc1. The minimum atomic E-state index is -0.557. The number of halogens is 1. The van der Waals surface area contributed by atoms with Crippen LogP contribution in [0, 0.1) is 6.92 Å². The van der Waals surface area contributed by atoms with Crippen LogP contribution in [0.3, 0.4) is 0 Å². The van der Waals surface area contributed by atoms with Gasteiger partial charge in [-0.15, -0.1) is 22.9 Å². The third kappa shape index (κ3) is 3.66. The van der Waals surface area contributed by atoms with Gasteiger partial charge in [-0.3, -0.25) is 4.79 Å². The number of aryl methyl sites for hydroxylation is 1. The van der Waals surface area contributed by atoms with Crippen LogP contribution in [0.4, 0.5) is 5.69 Å². The highest BCUT2D eigenvalue weighted by Gasteiger charge is 2.12. The Balaban J connectivity index is 1.85. The van der Waals surface area contributed by atoms with Crippen molar-refractivity contribution in [1.29, 1.82) is 0 Å². The lowest BCUT2D eigenvalue weighted by molar-refractivity contribution is -0.115. The molecule has 1 aromatic heterocycles. The van der Waals surface area contributed by atoms with Gasteiger partial charge in [-0.2, -0.15) is 0 Å². The molecule has 2 aromatic carbocycles. The van der Waals surface area contributed by atoms with Gasteiger partial charge in [-0.25, -0.2) is 4.98 Å². The van der Waals surface area contributed by atoms with Crippen LogP contribution in [0.5, 0.6) is 0 Å². The second-order valence-corrected chi connectivity index (χ2v) is 7.33. The Bertz CT molecular complexity index is 842. The molecule has 3 nitrogen and oxygen atoms in total. The standard InChI is InChI=1S/C19H17ClN2OS/c1-12(20)18(23)21-16-10-8-14(9-11-16)17-13(2)24-19(22-17)15-6-4-3-5-7-15/h3-12H,1-2H3,(H,21,23).